The van der Waals surface area contributed by atoms with Gasteiger partial charge in [0, 0.05) is 11.1 Å². The molecule has 1 aromatic rings. The number of benzene rings is 1. The molecule has 0 heterocycles. The van der Waals surface area contributed by atoms with Crippen LogP contribution in [0.1, 0.15) is 19.4 Å². The number of hydrogen-bond donors (Lipinski definition) is 1. The van der Waals surface area contributed by atoms with E-state index in [0.717, 1.165) is 0 Å². The smallest absolute Gasteiger partial charge is 0.208 e. The Morgan fingerprint density at radius 2 is 1.75 bits per heavy atom. The predicted octanol–water partition coefficient (Wildman–Crippen LogP) is 2.80. The molecule has 0 radical (unpaired) electrons. The van der Waals surface area contributed by atoms with Gasteiger partial charge in [0.1, 0.15) is 0 Å². The van der Waals surface area contributed by atoms with Gasteiger partial charge in [-0.15, -0.1) is 0 Å². The van der Waals surface area contributed by atoms with E-state index in [0.29, 0.717) is 10.0 Å². The molecule has 0 amide bonds. The Hall–Kier alpha value is -0.810. The molecule has 0 saturated carbocycles. The molecule has 16 heavy (non-hydrogen) atoms. The van der Waals surface area contributed by atoms with Crippen molar-refractivity contribution in [3.63, 3.8) is 0 Å². The lowest BCUT2D eigenvalue weighted by Gasteiger charge is -2.23. The lowest BCUT2D eigenvalue weighted by atomic mass is 9.94. The zero-order valence-corrected chi connectivity index (χ0v) is 11.3. The van der Waals surface area contributed by atoms with Crippen molar-refractivity contribution in [2.45, 2.75) is 19.4 Å². The van der Waals surface area contributed by atoms with Crippen LogP contribution in [0.5, 0.6) is 11.5 Å². The molecule has 3 nitrogen and oxygen atoms in total. The summed E-state index contributed by atoms with van der Waals surface area (Å²) in [4.78, 5) is 0. The molecule has 0 unspecified atom stereocenters. The second-order valence-corrected chi connectivity index (χ2v) is 4.86. The average Bonchev–Trinajstić information content (AvgIpc) is 2.16. The highest BCUT2D eigenvalue weighted by Gasteiger charge is 2.26. The Labute approximate surface area is 103 Å². The summed E-state index contributed by atoms with van der Waals surface area (Å²) in [7, 11) is 2.80. The van der Waals surface area contributed by atoms with Gasteiger partial charge in [0.05, 0.1) is 18.7 Å². The van der Waals surface area contributed by atoms with E-state index in [1.165, 1.54) is 14.2 Å². The third-order valence-electron chi connectivity index (χ3n) is 2.23. The standard InChI is InChI=1S/C11H15BrFNO2/c1-11(2,14)6-5-7(12)10(16-4)8(13)9(6)15-3/h5H,14H2,1-4H3. The van der Waals surface area contributed by atoms with Gasteiger partial charge in [-0.05, 0) is 35.8 Å². The third kappa shape index (κ3) is 2.30. The van der Waals surface area contributed by atoms with Gasteiger partial charge < -0.3 is 15.2 Å². The van der Waals surface area contributed by atoms with Gasteiger partial charge in [0.25, 0.3) is 0 Å². The minimum absolute atomic E-state index is 0.116. The first kappa shape index (κ1) is 13.3. The van der Waals surface area contributed by atoms with Crippen LogP contribution in [0.2, 0.25) is 0 Å². The molecule has 2 N–H and O–H groups in total. The molecule has 0 saturated heterocycles. The van der Waals surface area contributed by atoms with Crippen LogP contribution in [0.15, 0.2) is 10.5 Å². The van der Waals surface area contributed by atoms with E-state index in [-0.39, 0.29) is 11.5 Å². The molecule has 0 aliphatic carbocycles. The van der Waals surface area contributed by atoms with Crippen molar-refractivity contribution in [2.75, 3.05) is 14.2 Å². The quantitative estimate of drug-likeness (QED) is 0.931. The lowest BCUT2D eigenvalue weighted by Crippen LogP contribution is -2.29. The molecule has 0 spiro atoms. The fourth-order valence-corrected chi connectivity index (χ4v) is 2.01. The summed E-state index contributed by atoms with van der Waals surface area (Å²) in [5, 5.41) is 0. The predicted molar refractivity (Wildman–Crippen MR) is 64.4 cm³/mol. The highest BCUT2D eigenvalue weighted by molar-refractivity contribution is 9.10. The highest BCUT2D eigenvalue weighted by Crippen LogP contribution is 2.40. The van der Waals surface area contributed by atoms with E-state index >= 15 is 0 Å². The van der Waals surface area contributed by atoms with Crippen molar-refractivity contribution in [3.8, 4) is 11.5 Å². The van der Waals surface area contributed by atoms with Gasteiger partial charge in [-0.3, -0.25) is 0 Å². The fraction of sp³-hybridized carbons (Fsp3) is 0.455. The second-order valence-electron chi connectivity index (χ2n) is 4.01. The van der Waals surface area contributed by atoms with Crippen molar-refractivity contribution in [3.05, 3.63) is 21.9 Å². The summed E-state index contributed by atoms with van der Waals surface area (Å²) in [6.45, 7) is 3.56. The zero-order chi connectivity index (χ0) is 12.5. The van der Waals surface area contributed by atoms with Gasteiger partial charge in [-0.25, -0.2) is 0 Å². The Balaban J connectivity index is 3.53. The van der Waals surface area contributed by atoms with Crippen LogP contribution in [-0.4, -0.2) is 14.2 Å². The summed E-state index contributed by atoms with van der Waals surface area (Å²) in [5.74, 6) is -0.315. The summed E-state index contributed by atoms with van der Waals surface area (Å²) >= 11 is 3.24. The first-order valence-electron chi connectivity index (χ1n) is 4.72. The Morgan fingerprint density at radius 3 is 2.12 bits per heavy atom. The number of nitrogens with two attached hydrogens (primary N) is 1. The first-order valence-corrected chi connectivity index (χ1v) is 5.51. The largest absolute Gasteiger partial charge is 0.493 e. The lowest BCUT2D eigenvalue weighted by molar-refractivity contribution is 0.338. The van der Waals surface area contributed by atoms with E-state index in [4.69, 9.17) is 15.2 Å². The van der Waals surface area contributed by atoms with Crippen LogP contribution in [0.4, 0.5) is 4.39 Å². The Bertz CT molecular complexity index is 402. The summed E-state index contributed by atoms with van der Waals surface area (Å²) in [6, 6.07) is 1.71. The van der Waals surface area contributed by atoms with Crippen molar-refractivity contribution < 1.29 is 13.9 Å². The van der Waals surface area contributed by atoms with Crippen LogP contribution in [0, 0.1) is 5.82 Å². The minimum Gasteiger partial charge on any atom is -0.493 e. The SMILES string of the molecule is COc1c(Br)cc(C(C)(C)N)c(OC)c1F. The monoisotopic (exact) mass is 291 g/mol. The van der Waals surface area contributed by atoms with Crippen LogP contribution < -0.4 is 15.2 Å². The van der Waals surface area contributed by atoms with Crippen molar-refractivity contribution in [2.24, 2.45) is 5.73 Å². The molecule has 0 aliphatic rings. The maximum Gasteiger partial charge on any atom is 0.208 e. The van der Waals surface area contributed by atoms with Gasteiger partial charge in [-0.1, -0.05) is 0 Å². The van der Waals surface area contributed by atoms with Crippen LogP contribution in [-0.2, 0) is 5.54 Å². The summed E-state index contributed by atoms with van der Waals surface area (Å²) < 4.78 is 24.5. The van der Waals surface area contributed by atoms with E-state index in [2.05, 4.69) is 15.9 Å². The van der Waals surface area contributed by atoms with Crippen molar-refractivity contribution >= 4 is 15.9 Å². The molecule has 0 aliphatic heterocycles. The molecular formula is C11H15BrFNO2. The highest BCUT2D eigenvalue weighted by atomic mass is 79.9. The minimum atomic E-state index is -0.693. The molecule has 90 valence electrons. The van der Waals surface area contributed by atoms with E-state index in [9.17, 15) is 4.39 Å². The van der Waals surface area contributed by atoms with Crippen molar-refractivity contribution in [1.29, 1.82) is 0 Å². The van der Waals surface area contributed by atoms with Gasteiger partial charge in [0.2, 0.25) is 5.82 Å². The maximum absolute atomic E-state index is 14.0. The Kier molecular flexibility index (Phi) is 3.80. The summed E-state index contributed by atoms with van der Waals surface area (Å²) in [5.41, 5.74) is 5.84. The molecule has 0 aromatic heterocycles. The molecule has 1 aromatic carbocycles. The fourth-order valence-electron chi connectivity index (χ4n) is 1.45. The molecule has 0 atom stereocenters. The molecule has 0 bridgehead atoms. The van der Waals surface area contributed by atoms with E-state index in [1.807, 2.05) is 0 Å². The van der Waals surface area contributed by atoms with Gasteiger partial charge in [0.15, 0.2) is 11.5 Å². The number of methoxy groups -OCH3 is 2. The molecule has 0 fully saturated rings. The van der Waals surface area contributed by atoms with Crippen LogP contribution >= 0.6 is 15.9 Å². The number of rotatable bonds is 3. The maximum atomic E-state index is 14.0. The third-order valence-corrected chi connectivity index (χ3v) is 2.82. The number of hydrogen-bond acceptors (Lipinski definition) is 3. The average molecular weight is 292 g/mol. The van der Waals surface area contributed by atoms with Gasteiger partial charge in [-0.2, -0.15) is 4.39 Å². The van der Waals surface area contributed by atoms with Crippen LogP contribution in [0.3, 0.4) is 0 Å². The van der Waals surface area contributed by atoms with E-state index < -0.39 is 11.4 Å². The molecule has 1 rings (SSSR count). The zero-order valence-electron chi connectivity index (χ0n) is 9.73. The normalized spacial score (nSPS) is 11.4. The molecular weight excluding hydrogens is 277 g/mol. The number of halogens is 2. The Morgan fingerprint density at radius 1 is 1.25 bits per heavy atom. The molecule has 5 heteroatoms. The van der Waals surface area contributed by atoms with E-state index in [1.54, 1.807) is 19.9 Å². The van der Waals surface area contributed by atoms with Crippen molar-refractivity contribution in [1.82, 2.24) is 0 Å². The second kappa shape index (κ2) is 4.59. The number of ether oxygens (including phenoxy) is 2. The van der Waals surface area contributed by atoms with Crippen LogP contribution in [0.25, 0.3) is 0 Å². The van der Waals surface area contributed by atoms with Gasteiger partial charge >= 0.3 is 0 Å². The topological polar surface area (TPSA) is 44.5 Å². The first-order chi connectivity index (χ1) is 7.32. The summed E-state index contributed by atoms with van der Waals surface area (Å²) in [6.07, 6.45) is 0.